The molecule has 0 heterocycles. The van der Waals surface area contributed by atoms with Gasteiger partial charge in [0.05, 0.1) is 40.3 Å². The van der Waals surface area contributed by atoms with Crippen molar-refractivity contribution in [3.8, 4) is 0 Å². The molecule has 0 rings (SSSR count). The lowest BCUT2D eigenvalue weighted by Gasteiger charge is -2.34. The monoisotopic (exact) mass is 730 g/mol. The summed E-state index contributed by atoms with van der Waals surface area (Å²) in [5, 5.41) is 11.6. The molecule has 0 aromatic carbocycles. The van der Waals surface area contributed by atoms with E-state index in [1.807, 2.05) is 0 Å². The summed E-state index contributed by atoms with van der Waals surface area (Å²) >= 11 is 0. The number of allylic oxidation sites excluding steroid dienone is 10. The first-order valence-electron chi connectivity index (χ1n) is 20.3. The average Bonchev–Trinajstić information content (AvgIpc) is 3.09. The number of aliphatic carboxylic acids is 1. The van der Waals surface area contributed by atoms with Gasteiger partial charge in [0.15, 0.2) is 6.10 Å². The van der Waals surface area contributed by atoms with Crippen molar-refractivity contribution in [2.75, 3.05) is 41.0 Å². The molecule has 0 aliphatic rings. The number of unbranched alkanes of at least 4 members (excludes halogenated alkanes) is 11. The van der Waals surface area contributed by atoms with Crippen molar-refractivity contribution in [1.29, 1.82) is 0 Å². The van der Waals surface area contributed by atoms with Gasteiger partial charge >= 0.3 is 11.9 Å². The molecule has 0 aromatic rings. The van der Waals surface area contributed by atoms with Gasteiger partial charge in [0.2, 0.25) is 0 Å². The van der Waals surface area contributed by atoms with Crippen LogP contribution in [-0.4, -0.2) is 75.5 Å². The lowest BCUT2D eigenvalue weighted by Crippen LogP contribution is -2.55. The van der Waals surface area contributed by atoms with Crippen LogP contribution < -0.4 is 5.11 Å². The van der Waals surface area contributed by atoms with E-state index in [9.17, 15) is 19.5 Å². The molecule has 0 radical (unpaired) electrons. The Hall–Kier alpha value is -2.97. The molecular formula is C44H75NO7. The first-order valence-corrected chi connectivity index (χ1v) is 20.3. The molecule has 52 heavy (non-hydrogen) atoms. The molecule has 0 saturated heterocycles. The van der Waals surface area contributed by atoms with Gasteiger partial charge in [-0.3, -0.25) is 9.59 Å². The van der Waals surface area contributed by atoms with Crippen LogP contribution in [0.3, 0.4) is 0 Å². The summed E-state index contributed by atoms with van der Waals surface area (Å²) in [6.45, 7) is 4.47. The Morgan fingerprint density at radius 3 is 1.60 bits per heavy atom. The number of carbonyl (C=O) groups excluding carboxylic acids is 3. The Balaban J connectivity index is 4.34. The highest BCUT2D eigenvalue weighted by molar-refractivity contribution is 5.70. The van der Waals surface area contributed by atoms with Crippen molar-refractivity contribution < 1.29 is 38.2 Å². The largest absolute Gasteiger partial charge is 0.544 e. The van der Waals surface area contributed by atoms with Crippen molar-refractivity contribution >= 4 is 17.9 Å². The molecule has 0 aliphatic carbocycles. The second kappa shape index (κ2) is 35.1. The summed E-state index contributed by atoms with van der Waals surface area (Å²) < 4.78 is 17.0. The van der Waals surface area contributed by atoms with E-state index >= 15 is 0 Å². The second-order valence-corrected chi connectivity index (χ2v) is 14.5. The molecule has 0 bridgehead atoms. The van der Waals surface area contributed by atoms with Gasteiger partial charge in [-0.2, -0.15) is 0 Å². The van der Waals surface area contributed by atoms with Gasteiger partial charge in [-0.25, -0.2) is 0 Å². The molecular weight excluding hydrogens is 654 g/mol. The fourth-order valence-corrected chi connectivity index (χ4v) is 5.51. The van der Waals surface area contributed by atoms with Crippen molar-refractivity contribution in [2.45, 2.75) is 161 Å². The average molecular weight is 730 g/mol. The third-order valence-corrected chi connectivity index (χ3v) is 8.67. The number of carboxylic acids is 1. The van der Waals surface area contributed by atoms with Crippen LogP contribution in [0.15, 0.2) is 60.8 Å². The van der Waals surface area contributed by atoms with E-state index in [1.165, 1.54) is 32.1 Å². The number of hydrogen-bond acceptors (Lipinski definition) is 7. The highest BCUT2D eigenvalue weighted by Crippen LogP contribution is 2.12. The van der Waals surface area contributed by atoms with E-state index < -0.39 is 18.1 Å². The molecule has 298 valence electrons. The van der Waals surface area contributed by atoms with Gasteiger partial charge in [-0.05, 0) is 57.8 Å². The maximum Gasteiger partial charge on any atom is 0.306 e. The van der Waals surface area contributed by atoms with E-state index in [2.05, 4.69) is 74.6 Å². The van der Waals surface area contributed by atoms with Crippen LogP contribution >= 0.6 is 0 Å². The van der Waals surface area contributed by atoms with Crippen LogP contribution in [0, 0.1) is 0 Å². The molecule has 0 aromatic heterocycles. The minimum absolute atomic E-state index is 0.0309. The highest BCUT2D eigenvalue weighted by Gasteiger charge is 2.25. The summed E-state index contributed by atoms with van der Waals surface area (Å²) in [5.41, 5.74) is 0. The summed E-state index contributed by atoms with van der Waals surface area (Å²) in [4.78, 5) is 36.6. The fraction of sp³-hybridized carbons (Fsp3) is 0.705. The Bertz CT molecular complexity index is 1040. The zero-order valence-electron chi connectivity index (χ0n) is 33.7. The van der Waals surface area contributed by atoms with E-state index in [0.717, 1.165) is 83.5 Å². The second-order valence-electron chi connectivity index (χ2n) is 14.5. The number of hydrogen-bond donors (Lipinski definition) is 0. The summed E-state index contributed by atoms with van der Waals surface area (Å²) in [5.74, 6) is -1.78. The molecule has 2 unspecified atom stereocenters. The van der Waals surface area contributed by atoms with Crippen LogP contribution in [0.4, 0.5) is 0 Å². The topological polar surface area (TPSA) is 102 Å². The van der Waals surface area contributed by atoms with E-state index in [4.69, 9.17) is 14.2 Å². The Morgan fingerprint density at radius 2 is 1.08 bits per heavy atom. The molecule has 0 amide bonds. The molecule has 0 saturated carbocycles. The molecule has 2 atom stereocenters. The smallest absolute Gasteiger partial charge is 0.306 e. The van der Waals surface area contributed by atoms with Gasteiger partial charge in [-0.1, -0.05) is 132 Å². The number of ether oxygens (including phenoxy) is 3. The Morgan fingerprint density at radius 1 is 0.596 bits per heavy atom. The summed E-state index contributed by atoms with van der Waals surface area (Å²) in [6.07, 6.45) is 41.1. The number of quaternary nitrogens is 1. The van der Waals surface area contributed by atoms with Crippen molar-refractivity contribution in [3.05, 3.63) is 60.8 Å². The Kier molecular flexibility index (Phi) is 33.1. The molecule has 0 fully saturated rings. The van der Waals surface area contributed by atoms with E-state index in [0.29, 0.717) is 12.8 Å². The zero-order chi connectivity index (χ0) is 38.5. The standard InChI is InChI=1S/C44H75NO7/c1-6-8-10-12-14-16-17-18-19-20-21-22-23-24-25-26-27-29-30-32-34-42(46)51-39-40(38-50-37-36-41(44(48)49)45(3,4)5)52-43(47)35-33-31-28-15-13-11-9-7-2/h8,10,14,16,18-19,21-22,24-25,40-41H,6-7,9,11-13,15,17,20,23,26-39H2,1-5H3/b10-8+,16-14+,19-18+,22-21+,25-24+. The summed E-state index contributed by atoms with van der Waals surface area (Å²) in [6, 6.07) is -0.729. The number of carbonyl (C=O) groups is 3. The van der Waals surface area contributed by atoms with Crippen LogP contribution in [0.25, 0.3) is 0 Å². The molecule has 0 aliphatic heterocycles. The van der Waals surface area contributed by atoms with E-state index in [1.54, 1.807) is 21.1 Å². The third kappa shape index (κ3) is 32.9. The predicted molar refractivity (Wildman–Crippen MR) is 212 cm³/mol. The maximum atomic E-state index is 12.6. The molecule has 8 nitrogen and oxygen atoms in total. The van der Waals surface area contributed by atoms with Crippen molar-refractivity contribution in [3.63, 3.8) is 0 Å². The van der Waals surface area contributed by atoms with Crippen LogP contribution in [-0.2, 0) is 28.6 Å². The van der Waals surface area contributed by atoms with Crippen molar-refractivity contribution in [2.24, 2.45) is 0 Å². The van der Waals surface area contributed by atoms with Gasteiger partial charge < -0.3 is 28.6 Å². The van der Waals surface area contributed by atoms with Crippen LogP contribution in [0.1, 0.15) is 149 Å². The van der Waals surface area contributed by atoms with Gasteiger partial charge in [0, 0.05) is 19.3 Å². The molecule has 0 spiro atoms. The lowest BCUT2D eigenvalue weighted by molar-refractivity contribution is -0.889. The number of esters is 2. The van der Waals surface area contributed by atoms with Gasteiger partial charge in [0.1, 0.15) is 12.6 Å². The normalized spacial score (nSPS) is 13.6. The zero-order valence-corrected chi connectivity index (χ0v) is 33.7. The van der Waals surface area contributed by atoms with Crippen molar-refractivity contribution in [1.82, 2.24) is 0 Å². The van der Waals surface area contributed by atoms with Gasteiger partial charge in [0.25, 0.3) is 0 Å². The Labute approximate surface area is 318 Å². The number of nitrogens with zero attached hydrogens (tertiary/aromatic N) is 1. The first-order chi connectivity index (χ1) is 25.1. The lowest BCUT2D eigenvalue weighted by atomic mass is 10.1. The molecule has 8 heteroatoms. The first kappa shape index (κ1) is 49.0. The minimum Gasteiger partial charge on any atom is -0.544 e. The highest BCUT2D eigenvalue weighted by atomic mass is 16.6. The number of carboxylic acid groups (broad SMARTS) is 1. The van der Waals surface area contributed by atoms with Crippen LogP contribution in [0.2, 0.25) is 0 Å². The maximum absolute atomic E-state index is 12.6. The van der Waals surface area contributed by atoms with Crippen LogP contribution in [0.5, 0.6) is 0 Å². The summed E-state index contributed by atoms with van der Waals surface area (Å²) in [7, 11) is 5.38. The quantitative estimate of drug-likeness (QED) is 0.0277. The SMILES string of the molecule is CC/C=C/C/C=C/C/C=C/C/C=C/C/C=C/CCCCCCC(=O)OCC(COCCC(C(=O)[O-])[N+](C)(C)C)OC(=O)CCCCCCCCCC. The minimum atomic E-state index is -1.13. The third-order valence-electron chi connectivity index (χ3n) is 8.67. The predicted octanol–water partition coefficient (Wildman–Crippen LogP) is 9.30. The number of rotatable bonds is 35. The number of likely N-dealkylation sites (N-methyl/N-ethyl adjacent to an activating group) is 1. The van der Waals surface area contributed by atoms with E-state index in [-0.39, 0.29) is 42.7 Å². The van der Waals surface area contributed by atoms with Gasteiger partial charge in [-0.15, -0.1) is 0 Å². The molecule has 0 N–H and O–H groups in total. The fourth-order valence-electron chi connectivity index (χ4n) is 5.51.